The molecule has 1 aromatic rings. The van der Waals surface area contributed by atoms with Gasteiger partial charge < -0.3 is 4.90 Å². The van der Waals surface area contributed by atoms with E-state index in [0.29, 0.717) is 12.0 Å². The van der Waals surface area contributed by atoms with E-state index in [1.807, 2.05) is 0 Å². The summed E-state index contributed by atoms with van der Waals surface area (Å²) in [6.45, 7) is 3.06. The molecule has 0 aromatic carbocycles. The first-order valence-electron chi connectivity index (χ1n) is 5.41. The zero-order valence-corrected chi connectivity index (χ0v) is 9.17. The molecular weight excluding hydrogens is 208 g/mol. The lowest BCUT2D eigenvalue weighted by atomic mass is 10.0. The molecule has 0 saturated carbocycles. The van der Waals surface area contributed by atoms with Crippen LogP contribution in [-0.2, 0) is 0 Å². The largest absolute Gasteiger partial charge is 0.338 e. The van der Waals surface area contributed by atoms with Crippen molar-refractivity contribution in [3.05, 3.63) is 22.5 Å². The van der Waals surface area contributed by atoms with Crippen molar-refractivity contribution in [2.45, 2.75) is 32.2 Å². The van der Waals surface area contributed by atoms with E-state index >= 15 is 0 Å². The maximum Gasteiger partial charge on any atom is 0.305 e. The molecule has 6 nitrogen and oxygen atoms in total. The van der Waals surface area contributed by atoms with E-state index in [-0.39, 0.29) is 5.69 Å². The van der Waals surface area contributed by atoms with Gasteiger partial charge in [-0.2, -0.15) is 0 Å². The van der Waals surface area contributed by atoms with E-state index in [1.54, 1.807) is 0 Å². The van der Waals surface area contributed by atoms with Gasteiger partial charge in [-0.15, -0.1) is 0 Å². The quantitative estimate of drug-likeness (QED) is 0.563. The third-order valence-corrected chi connectivity index (χ3v) is 2.90. The third-order valence-electron chi connectivity index (χ3n) is 2.90. The number of hydrogen-bond donors (Lipinski definition) is 0. The van der Waals surface area contributed by atoms with Crippen LogP contribution < -0.4 is 4.90 Å². The molecule has 1 aliphatic rings. The van der Waals surface area contributed by atoms with Crippen LogP contribution >= 0.6 is 0 Å². The first kappa shape index (κ1) is 10.8. The molecule has 2 rings (SSSR count). The SMILES string of the molecule is CC1CCCCN1c1ncc([N+](=O)[O-])cn1. The second-order valence-corrected chi connectivity index (χ2v) is 4.04. The van der Waals surface area contributed by atoms with Crippen LogP contribution in [0.2, 0.25) is 0 Å². The Morgan fingerprint density at radius 3 is 2.69 bits per heavy atom. The first-order valence-corrected chi connectivity index (χ1v) is 5.41. The van der Waals surface area contributed by atoms with E-state index in [4.69, 9.17) is 0 Å². The molecule has 0 amide bonds. The van der Waals surface area contributed by atoms with Crippen LogP contribution in [0.25, 0.3) is 0 Å². The van der Waals surface area contributed by atoms with Crippen LogP contribution in [0.15, 0.2) is 12.4 Å². The maximum absolute atomic E-state index is 10.5. The van der Waals surface area contributed by atoms with Gasteiger partial charge in [-0.3, -0.25) is 10.1 Å². The molecule has 0 aliphatic carbocycles. The lowest BCUT2D eigenvalue weighted by Crippen LogP contribution is -2.38. The molecule has 1 saturated heterocycles. The summed E-state index contributed by atoms with van der Waals surface area (Å²) < 4.78 is 0. The molecule has 16 heavy (non-hydrogen) atoms. The van der Waals surface area contributed by atoms with Crippen molar-refractivity contribution in [1.82, 2.24) is 9.97 Å². The van der Waals surface area contributed by atoms with Gasteiger partial charge >= 0.3 is 5.69 Å². The normalized spacial score (nSPS) is 20.8. The van der Waals surface area contributed by atoms with E-state index in [0.717, 1.165) is 19.4 Å². The molecule has 1 aliphatic heterocycles. The van der Waals surface area contributed by atoms with Crippen molar-refractivity contribution < 1.29 is 4.92 Å². The van der Waals surface area contributed by atoms with E-state index in [1.165, 1.54) is 18.8 Å². The van der Waals surface area contributed by atoms with Gasteiger partial charge in [-0.05, 0) is 26.2 Å². The molecule has 1 fully saturated rings. The highest BCUT2D eigenvalue weighted by Crippen LogP contribution is 2.21. The predicted molar refractivity (Wildman–Crippen MR) is 59.3 cm³/mol. The number of nitrogens with zero attached hydrogens (tertiary/aromatic N) is 4. The van der Waals surface area contributed by atoms with Crippen molar-refractivity contribution in [3.8, 4) is 0 Å². The van der Waals surface area contributed by atoms with Crippen molar-refractivity contribution in [1.29, 1.82) is 0 Å². The Hall–Kier alpha value is -1.72. The van der Waals surface area contributed by atoms with Crippen molar-refractivity contribution in [3.63, 3.8) is 0 Å². The summed E-state index contributed by atoms with van der Waals surface area (Å²) in [7, 11) is 0. The molecule has 0 bridgehead atoms. The van der Waals surface area contributed by atoms with Crippen LogP contribution in [0, 0.1) is 10.1 Å². The minimum absolute atomic E-state index is 0.0617. The summed E-state index contributed by atoms with van der Waals surface area (Å²) in [6.07, 6.45) is 6.02. The highest BCUT2D eigenvalue weighted by atomic mass is 16.6. The number of rotatable bonds is 2. The van der Waals surface area contributed by atoms with E-state index in [9.17, 15) is 10.1 Å². The van der Waals surface area contributed by atoms with Crippen LogP contribution in [0.3, 0.4) is 0 Å². The molecule has 2 heterocycles. The highest BCUT2D eigenvalue weighted by Gasteiger charge is 2.21. The second-order valence-electron chi connectivity index (χ2n) is 4.04. The third kappa shape index (κ3) is 2.10. The maximum atomic E-state index is 10.5. The van der Waals surface area contributed by atoms with Gasteiger partial charge in [0, 0.05) is 12.6 Å². The topological polar surface area (TPSA) is 72.2 Å². The zero-order valence-electron chi connectivity index (χ0n) is 9.17. The fourth-order valence-corrected chi connectivity index (χ4v) is 1.95. The Morgan fingerprint density at radius 1 is 1.44 bits per heavy atom. The van der Waals surface area contributed by atoms with Crippen LogP contribution in [0.5, 0.6) is 0 Å². The Kier molecular flexibility index (Phi) is 2.98. The molecule has 86 valence electrons. The molecule has 0 spiro atoms. The average molecular weight is 222 g/mol. The Labute approximate surface area is 93.5 Å². The van der Waals surface area contributed by atoms with Gasteiger partial charge in [0.25, 0.3) is 0 Å². The monoisotopic (exact) mass is 222 g/mol. The lowest BCUT2D eigenvalue weighted by molar-refractivity contribution is -0.385. The van der Waals surface area contributed by atoms with Gasteiger partial charge in [0.1, 0.15) is 12.4 Å². The summed E-state index contributed by atoms with van der Waals surface area (Å²) >= 11 is 0. The minimum Gasteiger partial charge on any atom is -0.338 e. The Balaban J connectivity index is 2.17. The number of anilines is 1. The molecule has 1 aromatic heterocycles. The Bertz CT molecular complexity index is 379. The van der Waals surface area contributed by atoms with Crippen LogP contribution in [-0.4, -0.2) is 27.5 Å². The fraction of sp³-hybridized carbons (Fsp3) is 0.600. The number of hydrogen-bond acceptors (Lipinski definition) is 5. The summed E-state index contributed by atoms with van der Waals surface area (Å²) in [6, 6.07) is 0.412. The standard InChI is InChI=1S/C10H14N4O2/c1-8-4-2-3-5-13(8)10-11-6-9(7-12-10)14(15)16/h6-8H,2-5H2,1H3. The minimum atomic E-state index is -0.483. The molecular formula is C10H14N4O2. The molecule has 0 radical (unpaired) electrons. The van der Waals surface area contributed by atoms with Crippen molar-refractivity contribution >= 4 is 11.6 Å². The van der Waals surface area contributed by atoms with Gasteiger partial charge in [-0.1, -0.05) is 0 Å². The van der Waals surface area contributed by atoms with Crippen LogP contribution in [0.4, 0.5) is 11.6 Å². The summed E-state index contributed by atoms with van der Waals surface area (Å²) in [5.74, 6) is 0.595. The zero-order chi connectivity index (χ0) is 11.5. The van der Waals surface area contributed by atoms with Crippen molar-refractivity contribution in [2.75, 3.05) is 11.4 Å². The number of aromatic nitrogens is 2. The second kappa shape index (κ2) is 4.42. The molecule has 1 unspecified atom stereocenters. The van der Waals surface area contributed by atoms with E-state index < -0.39 is 4.92 Å². The summed E-state index contributed by atoms with van der Waals surface area (Å²) in [5, 5.41) is 10.5. The molecule has 6 heteroatoms. The van der Waals surface area contributed by atoms with Gasteiger partial charge in [0.2, 0.25) is 5.95 Å². The van der Waals surface area contributed by atoms with Gasteiger partial charge in [0.15, 0.2) is 0 Å². The lowest BCUT2D eigenvalue weighted by Gasteiger charge is -2.33. The van der Waals surface area contributed by atoms with Crippen molar-refractivity contribution in [2.24, 2.45) is 0 Å². The highest BCUT2D eigenvalue weighted by molar-refractivity contribution is 5.35. The predicted octanol–water partition coefficient (Wildman–Crippen LogP) is 1.76. The smallest absolute Gasteiger partial charge is 0.305 e. The first-order chi connectivity index (χ1) is 7.68. The molecule has 1 atom stereocenters. The van der Waals surface area contributed by atoms with Gasteiger partial charge in [-0.25, -0.2) is 9.97 Å². The number of piperidine rings is 1. The van der Waals surface area contributed by atoms with E-state index in [2.05, 4.69) is 21.8 Å². The van der Waals surface area contributed by atoms with Gasteiger partial charge in [0.05, 0.1) is 4.92 Å². The Morgan fingerprint density at radius 2 is 2.12 bits per heavy atom. The average Bonchev–Trinajstić information content (AvgIpc) is 2.30. The summed E-state index contributed by atoms with van der Waals surface area (Å²) in [4.78, 5) is 20.2. The summed E-state index contributed by atoms with van der Waals surface area (Å²) in [5.41, 5.74) is -0.0617. The number of nitro groups is 1. The van der Waals surface area contributed by atoms with Crippen LogP contribution in [0.1, 0.15) is 26.2 Å². The fourth-order valence-electron chi connectivity index (χ4n) is 1.95. The molecule has 0 N–H and O–H groups in total.